The molecule has 0 aliphatic carbocycles. The molecule has 1 aliphatic rings. The number of ether oxygens (including phenoxy) is 1. The zero-order chi connectivity index (χ0) is 17.5. The van der Waals surface area contributed by atoms with Crippen molar-refractivity contribution in [2.45, 2.75) is 45.6 Å². The summed E-state index contributed by atoms with van der Waals surface area (Å²) in [5, 5.41) is 2.61. The lowest BCUT2D eigenvalue weighted by molar-refractivity contribution is -0.139. The molecule has 1 saturated heterocycles. The molecule has 1 aromatic carbocycles. The average Bonchev–Trinajstić information content (AvgIpc) is 2.82. The fourth-order valence-electron chi connectivity index (χ4n) is 2.75. The second kappa shape index (κ2) is 8.47. The second-order valence-electron chi connectivity index (χ2n) is 6.05. The smallest absolute Gasteiger partial charge is 0.338 e. The third kappa shape index (κ3) is 5.08. The Morgan fingerprint density at radius 3 is 2.42 bits per heavy atom. The second-order valence-corrected chi connectivity index (χ2v) is 6.05. The highest BCUT2D eigenvalue weighted by Gasteiger charge is 2.25. The Labute approximate surface area is 142 Å². The Kier molecular flexibility index (Phi) is 6.35. The third-order valence-electron chi connectivity index (χ3n) is 3.97. The molecular weight excluding hydrogens is 308 g/mol. The maximum absolute atomic E-state index is 12.4. The molecule has 1 heterocycles. The number of likely N-dealkylation sites (tertiary alicyclic amines) is 1. The summed E-state index contributed by atoms with van der Waals surface area (Å²) < 4.78 is 5.31. The normalized spacial score (nSPS) is 16.0. The lowest BCUT2D eigenvalue weighted by atomic mass is 10.2. The van der Waals surface area contributed by atoms with E-state index in [4.69, 9.17) is 4.74 Å². The van der Waals surface area contributed by atoms with Crippen LogP contribution >= 0.6 is 0 Å². The average molecular weight is 332 g/mol. The largest absolute Gasteiger partial charge is 0.449 e. The number of nitrogens with one attached hydrogen (secondary N) is 1. The summed E-state index contributed by atoms with van der Waals surface area (Å²) in [6.07, 6.45) is 3.43. The van der Waals surface area contributed by atoms with Gasteiger partial charge in [-0.3, -0.25) is 9.59 Å². The predicted molar refractivity (Wildman–Crippen MR) is 90.7 cm³/mol. The first-order chi connectivity index (χ1) is 11.5. The minimum absolute atomic E-state index is 0.150. The van der Waals surface area contributed by atoms with Gasteiger partial charge in [-0.05, 0) is 38.0 Å². The van der Waals surface area contributed by atoms with E-state index in [0.29, 0.717) is 11.3 Å². The van der Waals surface area contributed by atoms with Gasteiger partial charge in [0.25, 0.3) is 5.91 Å². The Hall–Kier alpha value is -2.37. The van der Waals surface area contributed by atoms with Crippen molar-refractivity contribution in [3.63, 3.8) is 0 Å². The van der Waals surface area contributed by atoms with E-state index in [-0.39, 0.29) is 11.8 Å². The lowest BCUT2D eigenvalue weighted by Gasteiger charge is -2.24. The SMILES string of the molecule is CC(=O)Nc1cccc(C(=O)O[C@H](C)C(=O)N2CCCCCC2)c1. The number of carbonyl (C=O) groups excluding carboxylic acids is 3. The molecular formula is C18H24N2O4. The highest BCUT2D eigenvalue weighted by Crippen LogP contribution is 2.15. The topological polar surface area (TPSA) is 75.7 Å². The van der Waals surface area contributed by atoms with E-state index >= 15 is 0 Å². The number of benzene rings is 1. The van der Waals surface area contributed by atoms with Crippen molar-refractivity contribution in [2.75, 3.05) is 18.4 Å². The molecule has 0 saturated carbocycles. The van der Waals surface area contributed by atoms with Gasteiger partial charge in [-0.1, -0.05) is 18.9 Å². The number of hydrogen-bond acceptors (Lipinski definition) is 4. The monoisotopic (exact) mass is 332 g/mol. The molecule has 0 radical (unpaired) electrons. The van der Waals surface area contributed by atoms with Gasteiger partial charge in [0.1, 0.15) is 0 Å². The van der Waals surface area contributed by atoms with Crippen LogP contribution in [0.25, 0.3) is 0 Å². The van der Waals surface area contributed by atoms with Crippen molar-refractivity contribution in [1.82, 2.24) is 4.90 Å². The molecule has 130 valence electrons. The minimum atomic E-state index is -0.819. The summed E-state index contributed by atoms with van der Waals surface area (Å²) in [5.74, 6) is -0.939. The molecule has 0 aromatic heterocycles. The Morgan fingerprint density at radius 1 is 1.12 bits per heavy atom. The molecule has 24 heavy (non-hydrogen) atoms. The van der Waals surface area contributed by atoms with Crippen molar-refractivity contribution in [2.24, 2.45) is 0 Å². The number of nitrogens with zero attached hydrogens (tertiary/aromatic N) is 1. The van der Waals surface area contributed by atoms with E-state index in [2.05, 4.69) is 5.32 Å². The van der Waals surface area contributed by atoms with Gasteiger partial charge in [0, 0.05) is 25.7 Å². The van der Waals surface area contributed by atoms with E-state index in [1.54, 1.807) is 30.0 Å². The first kappa shape index (κ1) is 18.0. The number of rotatable bonds is 4. The molecule has 0 bridgehead atoms. The Morgan fingerprint density at radius 2 is 1.79 bits per heavy atom. The number of esters is 1. The molecule has 1 N–H and O–H groups in total. The van der Waals surface area contributed by atoms with Gasteiger partial charge in [-0.2, -0.15) is 0 Å². The standard InChI is InChI=1S/C18H24N2O4/c1-13(17(22)20-10-5-3-4-6-11-20)24-18(23)15-8-7-9-16(12-15)19-14(2)21/h7-9,12-13H,3-6,10-11H2,1-2H3,(H,19,21)/t13-/m1/s1. The minimum Gasteiger partial charge on any atom is -0.449 e. The molecule has 1 atom stereocenters. The maximum atomic E-state index is 12.4. The van der Waals surface area contributed by atoms with Gasteiger partial charge in [-0.25, -0.2) is 4.79 Å². The van der Waals surface area contributed by atoms with Crippen molar-refractivity contribution in [3.8, 4) is 0 Å². The van der Waals surface area contributed by atoms with E-state index in [1.807, 2.05) is 0 Å². The van der Waals surface area contributed by atoms with Gasteiger partial charge < -0.3 is 15.0 Å². The zero-order valence-corrected chi connectivity index (χ0v) is 14.2. The van der Waals surface area contributed by atoms with Crippen LogP contribution in [0.4, 0.5) is 5.69 Å². The summed E-state index contributed by atoms with van der Waals surface area (Å²) in [4.78, 5) is 37.5. The van der Waals surface area contributed by atoms with Gasteiger partial charge >= 0.3 is 5.97 Å². The summed E-state index contributed by atoms with van der Waals surface area (Å²) in [6, 6.07) is 6.47. The van der Waals surface area contributed by atoms with Gasteiger partial charge in [-0.15, -0.1) is 0 Å². The maximum Gasteiger partial charge on any atom is 0.338 e. The van der Waals surface area contributed by atoms with Crippen LogP contribution in [0.3, 0.4) is 0 Å². The molecule has 1 aromatic rings. The summed E-state index contributed by atoms with van der Waals surface area (Å²) in [6.45, 7) is 4.44. The number of anilines is 1. The van der Waals surface area contributed by atoms with Crippen LogP contribution in [0.1, 0.15) is 49.9 Å². The Balaban J connectivity index is 1.97. The quantitative estimate of drug-likeness (QED) is 0.860. The van der Waals surface area contributed by atoms with Gasteiger partial charge in [0.2, 0.25) is 5.91 Å². The fraction of sp³-hybridized carbons (Fsp3) is 0.500. The summed E-state index contributed by atoms with van der Waals surface area (Å²) in [5.41, 5.74) is 0.820. The molecule has 6 nitrogen and oxygen atoms in total. The molecule has 0 spiro atoms. The number of amides is 2. The van der Waals surface area contributed by atoms with E-state index in [9.17, 15) is 14.4 Å². The summed E-state index contributed by atoms with van der Waals surface area (Å²) >= 11 is 0. The van der Waals surface area contributed by atoms with Crippen LogP contribution in [-0.4, -0.2) is 41.9 Å². The highest BCUT2D eigenvalue weighted by atomic mass is 16.5. The van der Waals surface area contributed by atoms with Gasteiger partial charge in [0.05, 0.1) is 5.56 Å². The Bertz CT molecular complexity index is 607. The lowest BCUT2D eigenvalue weighted by Crippen LogP contribution is -2.40. The predicted octanol–water partition coefficient (Wildman–Crippen LogP) is 2.59. The summed E-state index contributed by atoms with van der Waals surface area (Å²) in [7, 11) is 0. The molecule has 0 unspecified atom stereocenters. The van der Waals surface area contributed by atoms with E-state index in [0.717, 1.165) is 38.8 Å². The first-order valence-corrected chi connectivity index (χ1v) is 8.35. The fourth-order valence-corrected chi connectivity index (χ4v) is 2.75. The van der Waals surface area contributed by atoms with Crippen LogP contribution in [0.15, 0.2) is 24.3 Å². The van der Waals surface area contributed by atoms with E-state index < -0.39 is 12.1 Å². The van der Waals surface area contributed by atoms with Crippen LogP contribution < -0.4 is 5.32 Å². The van der Waals surface area contributed by atoms with Crippen LogP contribution in [0, 0.1) is 0 Å². The van der Waals surface area contributed by atoms with Crippen LogP contribution in [0.2, 0.25) is 0 Å². The first-order valence-electron chi connectivity index (χ1n) is 8.35. The van der Waals surface area contributed by atoms with Crippen LogP contribution in [-0.2, 0) is 14.3 Å². The number of hydrogen-bond donors (Lipinski definition) is 1. The van der Waals surface area contributed by atoms with E-state index in [1.165, 1.54) is 13.0 Å². The molecule has 1 aliphatic heterocycles. The van der Waals surface area contributed by atoms with Gasteiger partial charge in [0.15, 0.2) is 6.10 Å². The van der Waals surface area contributed by atoms with Crippen molar-refractivity contribution < 1.29 is 19.1 Å². The number of carbonyl (C=O) groups is 3. The molecule has 2 rings (SSSR count). The van der Waals surface area contributed by atoms with Crippen molar-refractivity contribution >= 4 is 23.5 Å². The highest BCUT2D eigenvalue weighted by molar-refractivity contribution is 5.95. The van der Waals surface area contributed by atoms with Crippen molar-refractivity contribution in [3.05, 3.63) is 29.8 Å². The molecule has 6 heteroatoms. The third-order valence-corrected chi connectivity index (χ3v) is 3.97. The zero-order valence-electron chi connectivity index (χ0n) is 14.2. The molecule has 1 fully saturated rings. The molecule has 2 amide bonds. The van der Waals surface area contributed by atoms with Crippen LogP contribution in [0.5, 0.6) is 0 Å². The van der Waals surface area contributed by atoms with Crippen molar-refractivity contribution in [1.29, 1.82) is 0 Å².